The third-order valence-corrected chi connectivity index (χ3v) is 5.36. The molecule has 0 spiro atoms. The number of nitrogens with zero attached hydrogens (tertiary/aromatic N) is 2. The first-order valence-electron chi connectivity index (χ1n) is 9.05. The van der Waals surface area contributed by atoms with Gasteiger partial charge in [-0.15, -0.1) is 0 Å². The number of carbonyl (C=O) groups excluding carboxylic acids is 1. The lowest BCUT2D eigenvalue weighted by atomic mass is 10.1. The Morgan fingerprint density at radius 2 is 2.14 bits per heavy atom. The van der Waals surface area contributed by atoms with Crippen LogP contribution in [0.15, 0.2) is 51.6 Å². The van der Waals surface area contributed by atoms with Gasteiger partial charge in [0.2, 0.25) is 5.91 Å². The number of nitrogens with one attached hydrogen (secondary N) is 1. The summed E-state index contributed by atoms with van der Waals surface area (Å²) in [5.74, 6) is 1.42. The molecule has 0 aliphatic carbocycles. The molecule has 1 fully saturated rings. The van der Waals surface area contributed by atoms with Gasteiger partial charge in [0.05, 0.1) is 30.4 Å². The summed E-state index contributed by atoms with van der Waals surface area (Å²) in [6, 6.07) is 10.5. The van der Waals surface area contributed by atoms with Crippen molar-refractivity contribution in [3.05, 3.63) is 64.2 Å². The van der Waals surface area contributed by atoms with Gasteiger partial charge in [-0.1, -0.05) is 28.4 Å². The van der Waals surface area contributed by atoms with Crippen molar-refractivity contribution >= 4 is 29.1 Å². The second-order valence-corrected chi connectivity index (χ2v) is 7.57. The van der Waals surface area contributed by atoms with Crippen LogP contribution in [0.3, 0.4) is 0 Å². The largest absolute Gasteiger partial charge is 0.467 e. The highest BCUT2D eigenvalue weighted by Crippen LogP contribution is 2.30. The molecular weight excluding hydrogens is 401 g/mol. The molecule has 1 N–H and O–H groups in total. The Balaban J connectivity index is 1.40. The fourth-order valence-corrected chi connectivity index (χ4v) is 3.93. The van der Waals surface area contributed by atoms with Crippen molar-refractivity contribution in [2.24, 2.45) is 0 Å². The molecule has 0 bridgehead atoms. The lowest BCUT2D eigenvalue weighted by Crippen LogP contribution is -2.42. The van der Waals surface area contributed by atoms with Crippen LogP contribution >= 0.6 is 23.2 Å². The maximum atomic E-state index is 12.6. The van der Waals surface area contributed by atoms with Crippen LogP contribution in [-0.4, -0.2) is 28.6 Å². The number of benzene rings is 1. The van der Waals surface area contributed by atoms with E-state index in [4.69, 9.17) is 32.1 Å². The number of carbonyl (C=O) groups is 1. The summed E-state index contributed by atoms with van der Waals surface area (Å²) in [7, 11) is 0. The highest BCUT2D eigenvalue weighted by molar-refractivity contribution is 6.36. The third-order valence-electron chi connectivity index (χ3n) is 4.81. The van der Waals surface area contributed by atoms with Gasteiger partial charge in [0.15, 0.2) is 5.76 Å². The fraction of sp³-hybridized carbons (Fsp3) is 0.300. The molecule has 3 aromatic rings. The van der Waals surface area contributed by atoms with Gasteiger partial charge in [-0.05, 0) is 49.7 Å². The predicted molar refractivity (Wildman–Crippen MR) is 106 cm³/mol. The fourth-order valence-electron chi connectivity index (χ4n) is 3.43. The van der Waals surface area contributed by atoms with Crippen molar-refractivity contribution in [3.8, 4) is 11.3 Å². The molecule has 1 aliphatic heterocycles. The molecule has 0 radical (unpaired) electrons. The van der Waals surface area contributed by atoms with Gasteiger partial charge in [-0.25, -0.2) is 0 Å². The Kier molecular flexibility index (Phi) is 5.71. The second kappa shape index (κ2) is 8.39. The average Bonchev–Trinajstić information content (AvgIpc) is 3.42. The number of rotatable bonds is 6. The summed E-state index contributed by atoms with van der Waals surface area (Å²) in [5.41, 5.74) is 1.41. The highest BCUT2D eigenvalue weighted by Gasteiger charge is 2.31. The van der Waals surface area contributed by atoms with E-state index in [1.165, 1.54) is 0 Å². The lowest BCUT2D eigenvalue weighted by molar-refractivity contribution is -0.126. The number of hydrogen-bond donors (Lipinski definition) is 1. The van der Waals surface area contributed by atoms with E-state index in [1.807, 2.05) is 18.2 Å². The van der Waals surface area contributed by atoms with Crippen LogP contribution in [-0.2, 0) is 17.9 Å². The molecule has 146 valence electrons. The normalized spacial score (nSPS) is 17.1. The lowest BCUT2D eigenvalue weighted by Gasteiger charge is -2.22. The molecule has 0 saturated carbocycles. The first-order valence-corrected chi connectivity index (χ1v) is 9.81. The number of aromatic nitrogens is 1. The number of furan rings is 1. The number of hydrogen-bond acceptors (Lipinski definition) is 5. The zero-order valence-corrected chi connectivity index (χ0v) is 16.5. The van der Waals surface area contributed by atoms with Crippen LogP contribution in [0.2, 0.25) is 10.0 Å². The molecule has 1 saturated heterocycles. The van der Waals surface area contributed by atoms with E-state index in [2.05, 4.69) is 15.4 Å². The average molecular weight is 420 g/mol. The van der Waals surface area contributed by atoms with Gasteiger partial charge >= 0.3 is 0 Å². The monoisotopic (exact) mass is 419 g/mol. The standard InChI is InChI=1S/C20H19Cl2N3O3/c21-13-5-6-16(17(22)9-13)18-10-15(28-24-18)12-25-7-1-4-19(25)20(26)23-11-14-3-2-8-27-14/h2-3,5-6,8-10,19H,1,4,7,11-12H2,(H,23,26)/t19-/m0/s1. The van der Waals surface area contributed by atoms with Crippen molar-refractivity contribution in [1.82, 2.24) is 15.4 Å². The van der Waals surface area contributed by atoms with E-state index in [0.29, 0.717) is 34.6 Å². The molecule has 0 unspecified atom stereocenters. The molecule has 28 heavy (non-hydrogen) atoms. The van der Waals surface area contributed by atoms with Crippen LogP contribution in [0.1, 0.15) is 24.4 Å². The summed E-state index contributed by atoms with van der Waals surface area (Å²) >= 11 is 12.2. The summed E-state index contributed by atoms with van der Waals surface area (Å²) in [6.45, 7) is 1.73. The van der Waals surface area contributed by atoms with E-state index in [-0.39, 0.29) is 11.9 Å². The third kappa shape index (κ3) is 4.24. The van der Waals surface area contributed by atoms with E-state index in [9.17, 15) is 4.79 Å². The zero-order chi connectivity index (χ0) is 19.5. The Labute approximate surface area is 172 Å². The minimum absolute atomic E-state index is 0.00520. The topological polar surface area (TPSA) is 71.5 Å². The first-order chi connectivity index (χ1) is 13.6. The molecule has 1 aromatic carbocycles. The summed E-state index contributed by atoms with van der Waals surface area (Å²) in [4.78, 5) is 14.7. The van der Waals surface area contributed by atoms with Crippen LogP contribution < -0.4 is 5.32 Å². The van der Waals surface area contributed by atoms with Crippen molar-refractivity contribution < 1.29 is 13.7 Å². The van der Waals surface area contributed by atoms with Crippen molar-refractivity contribution in [1.29, 1.82) is 0 Å². The van der Waals surface area contributed by atoms with Crippen LogP contribution in [0.25, 0.3) is 11.3 Å². The summed E-state index contributed by atoms with van der Waals surface area (Å²) in [5, 5.41) is 8.14. The van der Waals surface area contributed by atoms with Crippen molar-refractivity contribution in [2.45, 2.75) is 32.0 Å². The minimum atomic E-state index is -0.192. The van der Waals surface area contributed by atoms with Crippen LogP contribution in [0.5, 0.6) is 0 Å². The van der Waals surface area contributed by atoms with Crippen molar-refractivity contribution in [2.75, 3.05) is 6.54 Å². The Bertz CT molecular complexity index is 956. The Morgan fingerprint density at radius 3 is 2.93 bits per heavy atom. The Morgan fingerprint density at radius 1 is 1.25 bits per heavy atom. The molecule has 1 atom stereocenters. The summed E-state index contributed by atoms with van der Waals surface area (Å²) in [6.07, 6.45) is 3.37. The molecule has 1 aliphatic rings. The van der Waals surface area contributed by atoms with Gasteiger partial charge in [0.1, 0.15) is 11.5 Å². The molecule has 4 rings (SSSR count). The molecule has 8 heteroatoms. The van der Waals surface area contributed by atoms with E-state index in [1.54, 1.807) is 24.5 Å². The number of halogens is 2. The molecule has 1 amide bonds. The Hall–Kier alpha value is -2.28. The zero-order valence-electron chi connectivity index (χ0n) is 15.0. The maximum Gasteiger partial charge on any atom is 0.237 e. The van der Waals surface area contributed by atoms with Gasteiger partial charge in [-0.3, -0.25) is 9.69 Å². The minimum Gasteiger partial charge on any atom is -0.467 e. The molecular formula is C20H19Cl2N3O3. The van der Waals surface area contributed by atoms with Gasteiger partial charge in [-0.2, -0.15) is 0 Å². The summed E-state index contributed by atoms with van der Waals surface area (Å²) < 4.78 is 10.7. The van der Waals surface area contributed by atoms with E-state index >= 15 is 0 Å². The SMILES string of the molecule is O=C(NCc1ccco1)[C@@H]1CCCN1Cc1cc(-c2ccc(Cl)cc2Cl)no1. The van der Waals surface area contributed by atoms with Gasteiger partial charge in [0.25, 0.3) is 0 Å². The molecule has 2 aromatic heterocycles. The predicted octanol–water partition coefficient (Wildman–Crippen LogP) is 4.52. The van der Waals surface area contributed by atoms with Gasteiger partial charge in [0, 0.05) is 16.7 Å². The highest BCUT2D eigenvalue weighted by atomic mass is 35.5. The van der Waals surface area contributed by atoms with E-state index in [0.717, 1.165) is 30.7 Å². The second-order valence-electron chi connectivity index (χ2n) is 6.73. The van der Waals surface area contributed by atoms with Crippen LogP contribution in [0.4, 0.5) is 0 Å². The quantitative estimate of drug-likeness (QED) is 0.635. The van der Waals surface area contributed by atoms with Crippen molar-refractivity contribution in [3.63, 3.8) is 0 Å². The number of likely N-dealkylation sites (tertiary alicyclic amines) is 1. The maximum absolute atomic E-state index is 12.6. The first kappa shape index (κ1) is 19.1. The number of amides is 1. The van der Waals surface area contributed by atoms with E-state index < -0.39 is 0 Å². The van der Waals surface area contributed by atoms with Crippen LogP contribution in [0, 0.1) is 0 Å². The van der Waals surface area contributed by atoms with Gasteiger partial charge < -0.3 is 14.3 Å². The molecule has 3 heterocycles. The smallest absolute Gasteiger partial charge is 0.237 e. The molecule has 6 nitrogen and oxygen atoms in total.